The molecule has 2 N–H and O–H groups in total. The molecule has 0 amide bonds. The van der Waals surface area contributed by atoms with Crippen LogP contribution >= 0.6 is 8.17 Å². The molecule has 146 valence electrons. The summed E-state index contributed by atoms with van der Waals surface area (Å²) in [5.41, 5.74) is -1.98. The van der Waals surface area contributed by atoms with Gasteiger partial charge in [0.1, 0.15) is 0 Å². The molecule has 0 unspecified atom stereocenters. The van der Waals surface area contributed by atoms with Crippen molar-refractivity contribution in [1.82, 2.24) is 9.55 Å². The Kier molecular flexibility index (Phi) is 4.57. The maximum atomic E-state index is 13.7. The van der Waals surface area contributed by atoms with Gasteiger partial charge in [-0.3, -0.25) is 0 Å². The van der Waals surface area contributed by atoms with Crippen LogP contribution in [0.4, 0.5) is 8.78 Å². The van der Waals surface area contributed by atoms with Crippen LogP contribution in [0.2, 0.25) is 0 Å². The number of rotatable bonds is 3. The predicted molar refractivity (Wildman–Crippen MR) is 88.2 cm³/mol. The Morgan fingerprint density at radius 2 is 2.00 bits per heavy atom. The Bertz CT molecular complexity index is 983. The second kappa shape index (κ2) is 6.77. The van der Waals surface area contributed by atoms with Gasteiger partial charge in [-0.05, 0) is 0 Å². The summed E-state index contributed by atoms with van der Waals surface area (Å²) >= 11 is 0. The van der Waals surface area contributed by atoms with E-state index in [9.17, 15) is 23.3 Å². The molecule has 2 saturated heterocycles. The Morgan fingerprint density at radius 3 is 2.78 bits per heavy atom. The molecule has 0 aliphatic carbocycles. The van der Waals surface area contributed by atoms with Crippen LogP contribution in [0, 0.1) is 11.6 Å². The van der Waals surface area contributed by atoms with E-state index in [1.54, 1.807) is 0 Å². The van der Waals surface area contributed by atoms with E-state index in [0.29, 0.717) is 0 Å². The normalized spacial score (nSPS) is 27.7. The monoisotopic (exact) mass is 404 g/mol. The molecular formula is C15H15F2N2O7P. The fraction of sp³-hybridized carbons (Fsp3) is 0.333. The quantitative estimate of drug-likeness (QED) is 0.734. The zero-order chi connectivity index (χ0) is 19.2. The number of nitrogens with one attached hydrogen (secondary N) is 1. The second-order valence-electron chi connectivity index (χ2n) is 6.03. The van der Waals surface area contributed by atoms with E-state index in [0.717, 1.165) is 16.8 Å². The van der Waals surface area contributed by atoms with Gasteiger partial charge in [-0.25, -0.2) is 0 Å². The van der Waals surface area contributed by atoms with Gasteiger partial charge >= 0.3 is 150 Å². The fourth-order valence-electron chi connectivity index (χ4n) is 2.95. The number of aromatic amines is 1. The number of nitrogens with zero attached hydrogens (tertiary/aromatic N) is 1. The van der Waals surface area contributed by atoms with Gasteiger partial charge in [-0.1, -0.05) is 0 Å². The number of hydrogen-bond donors (Lipinski definition) is 2. The molecule has 0 bridgehead atoms. The summed E-state index contributed by atoms with van der Waals surface area (Å²) in [6.07, 6.45) is -1.52. The summed E-state index contributed by atoms with van der Waals surface area (Å²) in [5, 5.41) is 0. The SMILES string of the molecule is O=c1[nH]c(=O)n([C@H]2C[C@@H]3O[PH](O)(Oc4ccccc4F)OC[C@H]3O2)cc1F. The molecule has 3 atom stereocenters. The zero-order valence-corrected chi connectivity index (χ0v) is 14.6. The first-order valence-corrected chi connectivity index (χ1v) is 9.66. The summed E-state index contributed by atoms with van der Waals surface area (Å²) in [5.74, 6) is -2.05. The van der Waals surface area contributed by atoms with Crippen molar-refractivity contribution in [2.45, 2.75) is 24.9 Å². The third-order valence-electron chi connectivity index (χ3n) is 4.22. The van der Waals surface area contributed by atoms with E-state index in [-0.39, 0.29) is 18.8 Å². The summed E-state index contributed by atoms with van der Waals surface area (Å²) in [6, 6.07) is 5.46. The van der Waals surface area contributed by atoms with Crippen LogP contribution in [0.1, 0.15) is 12.6 Å². The van der Waals surface area contributed by atoms with Gasteiger partial charge in [-0.15, -0.1) is 0 Å². The number of fused-ring (bicyclic) bond motifs is 1. The molecule has 1 aromatic heterocycles. The molecule has 2 aliphatic heterocycles. The summed E-state index contributed by atoms with van der Waals surface area (Å²) in [7, 11) is -4.20. The molecule has 3 heterocycles. The molecule has 0 spiro atoms. The van der Waals surface area contributed by atoms with E-state index in [2.05, 4.69) is 0 Å². The van der Waals surface area contributed by atoms with Gasteiger partial charge in [0.25, 0.3) is 0 Å². The van der Waals surface area contributed by atoms with E-state index >= 15 is 0 Å². The third kappa shape index (κ3) is 3.52. The van der Waals surface area contributed by atoms with Crippen molar-refractivity contribution in [2.75, 3.05) is 6.61 Å². The number of hydrogen-bond acceptors (Lipinski definition) is 7. The van der Waals surface area contributed by atoms with Crippen LogP contribution in [0.5, 0.6) is 5.75 Å². The van der Waals surface area contributed by atoms with Gasteiger partial charge < -0.3 is 0 Å². The molecule has 2 fully saturated rings. The molecule has 0 radical (unpaired) electrons. The number of halogens is 2. The van der Waals surface area contributed by atoms with Gasteiger partial charge in [0.15, 0.2) is 0 Å². The number of H-pyrrole nitrogens is 1. The van der Waals surface area contributed by atoms with Crippen LogP contribution in [0.15, 0.2) is 40.1 Å². The third-order valence-corrected chi connectivity index (χ3v) is 5.83. The van der Waals surface area contributed by atoms with Crippen molar-refractivity contribution in [2.24, 2.45) is 0 Å². The molecule has 27 heavy (non-hydrogen) atoms. The van der Waals surface area contributed by atoms with Crippen molar-refractivity contribution in [3.05, 3.63) is 62.9 Å². The second-order valence-corrected chi connectivity index (χ2v) is 7.81. The topological polar surface area (TPSA) is 112 Å². The molecule has 1 aromatic carbocycles. The Balaban J connectivity index is 1.51. The first-order valence-electron chi connectivity index (χ1n) is 7.99. The predicted octanol–water partition coefficient (Wildman–Crippen LogP) is 0.999. The van der Waals surface area contributed by atoms with Crippen LogP contribution < -0.4 is 15.8 Å². The fourth-order valence-corrected chi connectivity index (χ4v) is 4.58. The zero-order valence-electron chi connectivity index (χ0n) is 13.6. The summed E-state index contributed by atoms with van der Waals surface area (Å²) < 4.78 is 49.6. The summed E-state index contributed by atoms with van der Waals surface area (Å²) in [6.45, 7) is -0.126. The first kappa shape index (κ1) is 18.2. The molecule has 4 rings (SSSR count). The molecule has 9 nitrogen and oxygen atoms in total. The maximum absolute atomic E-state index is 13.7. The van der Waals surface area contributed by atoms with Gasteiger partial charge in [-0.2, -0.15) is 0 Å². The average molecular weight is 404 g/mol. The van der Waals surface area contributed by atoms with Crippen LogP contribution in [-0.4, -0.2) is 33.3 Å². The average Bonchev–Trinajstić information content (AvgIpc) is 3.02. The van der Waals surface area contributed by atoms with Crippen LogP contribution in [0.3, 0.4) is 0 Å². The van der Waals surface area contributed by atoms with Crippen molar-refractivity contribution in [3.8, 4) is 5.75 Å². The number of ether oxygens (including phenoxy) is 1. The minimum atomic E-state index is -4.20. The standard InChI is InChI=1S/C15H15F2N2O7P/c16-8-3-1-2-4-10(8)25-27(22)23-7-12-11(26-27)5-13(24-12)19-6-9(17)14(20)18-15(19)21/h1-4,6,11-13,22,27H,5,7H2,(H,18,20,21)/t11-,12+,13+/m0/s1. The Hall–Kier alpha value is -2.17. The van der Waals surface area contributed by atoms with Crippen LogP contribution in [0.25, 0.3) is 0 Å². The van der Waals surface area contributed by atoms with Gasteiger partial charge in [0.2, 0.25) is 0 Å². The van der Waals surface area contributed by atoms with Crippen LogP contribution in [-0.2, 0) is 13.8 Å². The van der Waals surface area contributed by atoms with E-state index in [4.69, 9.17) is 18.3 Å². The van der Waals surface area contributed by atoms with Gasteiger partial charge in [0.05, 0.1) is 0 Å². The van der Waals surface area contributed by atoms with Crippen molar-refractivity contribution in [3.63, 3.8) is 0 Å². The van der Waals surface area contributed by atoms with Crippen molar-refractivity contribution >= 4 is 8.17 Å². The van der Waals surface area contributed by atoms with E-state index in [1.165, 1.54) is 18.2 Å². The van der Waals surface area contributed by atoms with Gasteiger partial charge in [0, 0.05) is 0 Å². The first-order chi connectivity index (χ1) is 12.8. The number of benzene rings is 1. The Morgan fingerprint density at radius 1 is 1.22 bits per heavy atom. The molecule has 0 saturated carbocycles. The molecule has 12 heteroatoms. The Labute approximate surface area is 150 Å². The number of aromatic nitrogens is 2. The molecular weight excluding hydrogens is 389 g/mol. The number of para-hydroxylation sites is 1. The molecule has 2 aliphatic rings. The van der Waals surface area contributed by atoms with E-state index < -0.39 is 49.5 Å². The van der Waals surface area contributed by atoms with E-state index in [1.807, 2.05) is 4.98 Å². The summed E-state index contributed by atoms with van der Waals surface area (Å²) in [4.78, 5) is 35.3. The van der Waals surface area contributed by atoms with Crippen molar-refractivity contribution < 1.29 is 32.0 Å². The molecule has 2 aromatic rings. The van der Waals surface area contributed by atoms with Crippen molar-refractivity contribution in [1.29, 1.82) is 0 Å². The minimum absolute atomic E-state index is 0.0648.